The fourth-order valence-corrected chi connectivity index (χ4v) is 2.93. The van der Waals surface area contributed by atoms with E-state index in [1.165, 1.54) is 81.4 Å². The molecule has 0 aromatic heterocycles. The molecule has 0 unspecified atom stereocenters. The minimum atomic E-state index is 1.04. The Bertz CT molecular complexity index is 201. The highest BCUT2D eigenvalue weighted by Gasteiger charge is 1.94. The summed E-state index contributed by atoms with van der Waals surface area (Å²) in [6, 6.07) is 0. The van der Waals surface area contributed by atoms with Crippen LogP contribution in [0.15, 0.2) is 4.99 Å². The largest absolute Gasteiger partial charge is 0.283 e. The van der Waals surface area contributed by atoms with Crippen LogP contribution in [-0.4, -0.2) is 17.3 Å². The van der Waals surface area contributed by atoms with E-state index in [1.807, 2.05) is 11.8 Å². The summed E-state index contributed by atoms with van der Waals surface area (Å²) in [6.45, 7) is 7.76. The number of nitrogens with zero attached hydrogens (tertiary/aromatic N) is 1. The van der Waals surface area contributed by atoms with E-state index < -0.39 is 0 Å². The zero-order chi connectivity index (χ0) is 14.2. The summed E-state index contributed by atoms with van der Waals surface area (Å²) in [6.07, 6.45) is 15.1. The maximum absolute atomic E-state index is 4.66. The highest BCUT2D eigenvalue weighted by molar-refractivity contribution is 8.13. The van der Waals surface area contributed by atoms with Crippen LogP contribution < -0.4 is 0 Å². The molecule has 0 amide bonds. The van der Waals surface area contributed by atoms with Gasteiger partial charge >= 0.3 is 0 Å². The van der Waals surface area contributed by atoms with Gasteiger partial charge in [0.25, 0.3) is 0 Å². The molecule has 0 rings (SSSR count). The van der Waals surface area contributed by atoms with Crippen molar-refractivity contribution < 1.29 is 0 Å². The lowest BCUT2D eigenvalue weighted by atomic mass is 10.1. The Kier molecular flexibility index (Phi) is 16.1. The molecule has 0 atom stereocenters. The number of hydrogen-bond acceptors (Lipinski definition) is 2. The Morgan fingerprint density at radius 2 is 1.26 bits per heavy atom. The molecule has 0 fully saturated rings. The van der Waals surface area contributed by atoms with Gasteiger partial charge in [0.05, 0.1) is 5.04 Å². The van der Waals surface area contributed by atoms with E-state index in [2.05, 4.69) is 25.8 Å². The average molecular weight is 286 g/mol. The van der Waals surface area contributed by atoms with Gasteiger partial charge < -0.3 is 0 Å². The maximum atomic E-state index is 4.66. The third-order valence-corrected chi connectivity index (χ3v) is 4.44. The lowest BCUT2D eigenvalue weighted by Gasteiger charge is -2.02. The summed E-state index contributed by atoms with van der Waals surface area (Å²) in [5.74, 6) is 1.26. The Morgan fingerprint density at radius 1 is 0.737 bits per heavy atom. The fraction of sp³-hybridized carbons (Fsp3) is 0.941. The van der Waals surface area contributed by atoms with Crippen LogP contribution in [0, 0.1) is 0 Å². The average Bonchev–Trinajstić information content (AvgIpc) is 2.41. The molecule has 19 heavy (non-hydrogen) atoms. The summed E-state index contributed by atoms with van der Waals surface area (Å²) in [4.78, 5) is 4.66. The Morgan fingerprint density at radius 3 is 1.89 bits per heavy atom. The van der Waals surface area contributed by atoms with Crippen molar-refractivity contribution in [3.63, 3.8) is 0 Å². The van der Waals surface area contributed by atoms with Crippen LogP contribution in [0.5, 0.6) is 0 Å². The van der Waals surface area contributed by atoms with Crippen LogP contribution in [0.1, 0.15) is 91.4 Å². The highest BCUT2D eigenvalue weighted by atomic mass is 32.2. The number of rotatable bonds is 13. The summed E-state index contributed by atoms with van der Waals surface area (Å²) < 4.78 is 0. The van der Waals surface area contributed by atoms with Crippen LogP contribution in [0.3, 0.4) is 0 Å². The highest BCUT2D eigenvalue weighted by Crippen LogP contribution is 2.11. The van der Waals surface area contributed by atoms with Crippen molar-refractivity contribution in [2.45, 2.75) is 91.4 Å². The van der Waals surface area contributed by atoms with Gasteiger partial charge in [-0.1, -0.05) is 71.6 Å². The third kappa shape index (κ3) is 16.0. The van der Waals surface area contributed by atoms with Crippen LogP contribution in [0.2, 0.25) is 0 Å². The zero-order valence-electron chi connectivity index (χ0n) is 13.5. The molecule has 0 spiro atoms. The van der Waals surface area contributed by atoms with Gasteiger partial charge in [0.2, 0.25) is 0 Å². The van der Waals surface area contributed by atoms with Crippen molar-refractivity contribution in [3.8, 4) is 0 Å². The molecule has 1 nitrogen and oxygen atoms in total. The minimum absolute atomic E-state index is 1.04. The van der Waals surface area contributed by atoms with Crippen LogP contribution >= 0.6 is 11.8 Å². The first-order valence-electron chi connectivity index (χ1n) is 8.45. The van der Waals surface area contributed by atoms with E-state index in [0.717, 1.165) is 6.54 Å². The normalized spacial score (nSPS) is 12.1. The van der Waals surface area contributed by atoms with Gasteiger partial charge in [0, 0.05) is 6.54 Å². The summed E-state index contributed by atoms with van der Waals surface area (Å²) in [7, 11) is 0. The molecule has 0 aliphatic rings. The van der Waals surface area contributed by atoms with Crippen molar-refractivity contribution in [2.24, 2.45) is 4.99 Å². The Balaban J connectivity index is 3.25. The van der Waals surface area contributed by atoms with Gasteiger partial charge in [-0.15, -0.1) is 11.8 Å². The van der Waals surface area contributed by atoms with Gasteiger partial charge in [0.15, 0.2) is 0 Å². The van der Waals surface area contributed by atoms with Crippen molar-refractivity contribution >= 4 is 16.8 Å². The summed E-state index contributed by atoms with van der Waals surface area (Å²) in [5.41, 5.74) is 0. The topological polar surface area (TPSA) is 12.4 Å². The second-order valence-corrected chi connectivity index (χ2v) is 6.72. The van der Waals surface area contributed by atoms with E-state index in [1.54, 1.807) is 0 Å². The second kappa shape index (κ2) is 16.1. The predicted molar refractivity (Wildman–Crippen MR) is 92.6 cm³/mol. The number of hydrogen-bond donors (Lipinski definition) is 0. The van der Waals surface area contributed by atoms with Crippen LogP contribution in [0.4, 0.5) is 0 Å². The van der Waals surface area contributed by atoms with E-state index >= 15 is 0 Å². The quantitative estimate of drug-likeness (QED) is 0.215. The first-order valence-corrected chi connectivity index (χ1v) is 9.43. The SMILES string of the molecule is CCCCCCCC/N=C(\C)SCCCCCCC. The standard InChI is InChI=1S/C17H35NS/c1-4-6-8-10-11-13-15-18-17(3)19-16-14-12-9-7-5-2/h4-16H2,1-3H3/b18-17+. The molecule has 0 saturated carbocycles. The van der Waals surface area contributed by atoms with E-state index in [4.69, 9.17) is 0 Å². The monoisotopic (exact) mass is 285 g/mol. The predicted octanol–water partition coefficient (Wildman–Crippen LogP) is 6.47. The molecule has 0 N–H and O–H groups in total. The van der Waals surface area contributed by atoms with Crippen molar-refractivity contribution in [1.82, 2.24) is 0 Å². The van der Waals surface area contributed by atoms with Crippen LogP contribution in [0.25, 0.3) is 0 Å². The molecule has 0 aliphatic carbocycles. The fourth-order valence-electron chi connectivity index (χ4n) is 2.10. The Hall–Kier alpha value is 0.0200. The minimum Gasteiger partial charge on any atom is -0.283 e. The first-order chi connectivity index (χ1) is 9.31. The number of unbranched alkanes of at least 4 members (excludes halogenated alkanes) is 9. The van der Waals surface area contributed by atoms with Gasteiger partial charge in [-0.05, 0) is 25.5 Å². The summed E-state index contributed by atoms with van der Waals surface area (Å²) in [5, 5.41) is 1.30. The molecule has 0 heterocycles. The van der Waals surface area contributed by atoms with Gasteiger partial charge in [-0.2, -0.15) is 0 Å². The van der Waals surface area contributed by atoms with Gasteiger partial charge in [-0.3, -0.25) is 4.99 Å². The Labute approximate surface area is 126 Å². The van der Waals surface area contributed by atoms with E-state index in [0.29, 0.717) is 0 Å². The summed E-state index contributed by atoms with van der Waals surface area (Å²) >= 11 is 1.96. The molecular weight excluding hydrogens is 250 g/mol. The zero-order valence-corrected chi connectivity index (χ0v) is 14.4. The first kappa shape index (κ1) is 19.0. The molecule has 0 saturated heterocycles. The lowest BCUT2D eigenvalue weighted by molar-refractivity contribution is 0.612. The maximum Gasteiger partial charge on any atom is 0.0644 e. The molecule has 114 valence electrons. The second-order valence-electron chi connectivity index (χ2n) is 5.43. The van der Waals surface area contributed by atoms with E-state index in [9.17, 15) is 0 Å². The van der Waals surface area contributed by atoms with Crippen LogP contribution in [-0.2, 0) is 0 Å². The third-order valence-electron chi connectivity index (χ3n) is 3.40. The number of thioether (sulfide) groups is 1. The molecule has 0 bridgehead atoms. The number of aliphatic imine (C=N–C) groups is 1. The molecular formula is C17H35NS. The molecule has 2 heteroatoms. The molecule has 0 aromatic rings. The van der Waals surface area contributed by atoms with Crippen molar-refractivity contribution in [2.75, 3.05) is 12.3 Å². The van der Waals surface area contributed by atoms with Crippen molar-refractivity contribution in [1.29, 1.82) is 0 Å². The molecule has 0 aliphatic heterocycles. The molecule has 0 aromatic carbocycles. The van der Waals surface area contributed by atoms with Gasteiger partial charge in [-0.25, -0.2) is 0 Å². The lowest BCUT2D eigenvalue weighted by Crippen LogP contribution is -1.91. The molecule has 0 radical (unpaired) electrons. The van der Waals surface area contributed by atoms with E-state index in [-0.39, 0.29) is 0 Å². The smallest absolute Gasteiger partial charge is 0.0644 e. The van der Waals surface area contributed by atoms with Crippen molar-refractivity contribution in [3.05, 3.63) is 0 Å². The van der Waals surface area contributed by atoms with Gasteiger partial charge in [0.1, 0.15) is 0 Å².